The number of aliphatic imine (C=N–C) groups is 1. The molecule has 9 heteroatoms. The number of halogens is 6. The Bertz CT molecular complexity index is 736. The highest BCUT2D eigenvalue weighted by molar-refractivity contribution is 6.28. The van der Waals surface area contributed by atoms with Crippen molar-refractivity contribution in [3.63, 3.8) is 0 Å². The van der Waals surface area contributed by atoms with E-state index in [9.17, 15) is 22.0 Å². The Morgan fingerprint density at radius 1 is 1.08 bits per heavy atom. The molecule has 0 fully saturated rings. The van der Waals surface area contributed by atoms with E-state index in [1.165, 1.54) is 24.3 Å². The highest BCUT2D eigenvalue weighted by atomic mass is 35.5. The average Bonchev–Trinajstić information content (AvgIpc) is 2.51. The SMILES string of the molecule is NC(CCl)=Nc1ccc(Oc2c(F)cc(C(F)(F)F)cc2F)cc1. The van der Waals surface area contributed by atoms with Crippen molar-refractivity contribution in [1.82, 2.24) is 0 Å². The summed E-state index contributed by atoms with van der Waals surface area (Å²) < 4.78 is 69.8. The summed E-state index contributed by atoms with van der Waals surface area (Å²) in [5, 5.41) is 0. The van der Waals surface area contributed by atoms with Gasteiger partial charge in [-0.05, 0) is 36.4 Å². The smallest absolute Gasteiger partial charge is 0.416 e. The molecular formula is C15H10ClF5N2O. The first-order valence-electron chi connectivity index (χ1n) is 6.44. The van der Waals surface area contributed by atoms with Crippen LogP contribution in [0.2, 0.25) is 0 Å². The molecule has 2 rings (SSSR count). The standard InChI is InChI=1S/C15H10ClF5N2O/c16-7-13(22)23-9-1-3-10(4-2-9)24-14-11(17)5-8(6-12(14)18)15(19,20)21/h1-6H,7H2,(H2,22,23). The summed E-state index contributed by atoms with van der Waals surface area (Å²) in [7, 11) is 0. The van der Waals surface area contributed by atoms with Crippen LogP contribution >= 0.6 is 11.6 Å². The monoisotopic (exact) mass is 364 g/mol. The van der Waals surface area contributed by atoms with Crippen molar-refractivity contribution >= 4 is 23.1 Å². The van der Waals surface area contributed by atoms with Crippen LogP contribution in [-0.4, -0.2) is 11.7 Å². The number of alkyl halides is 4. The van der Waals surface area contributed by atoms with Crippen LogP contribution in [0.1, 0.15) is 5.56 Å². The van der Waals surface area contributed by atoms with Crippen LogP contribution in [0.5, 0.6) is 11.5 Å². The number of benzene rings is 2. The Labute approximate surface area is 138 Å². The fourth-order valence-electron chi connectivity index (χ4n) is 1.72. The van der Waals surface area contributed by atoms with Crippen LogP contribution in [0, 0.1) is 11.6 Å². The molecule has 0 bridgehead atoms. The fraction of sp³-hybridized carbons (Fsp3) is 0.133. The Morgan fingerprint density at radius 3 is 2.08 bits per heavy atom. The second-order valence-corrected chi connectivity index (χ2v) is 4.87. The van der Waals surface area contributed by atoms with Gasteiger partial charge in [-0.15, -0.1) is 11.6 Å². The van der Waals surface area contributed by atoms with Crippen molar-refractivity contribution < 1.29 is 26.7 Å². The first-order chi connectivity index (χ1) is 11.2. The topological polar surface area (TPSA) is 47.6 Å². The molecule has 0 spiro atoms. The van der Waals surface area contributed by atoms with Crippen molar-refractivity contribution in [1.29, 1.82) is 0 Å². The van der Waals surface area contributed by atoms with Crippen molar-refractivity contribution in [3.05, 3.63) is 53.6 Å². The summed E-state index contributed by atoms with van der Waals surface area (Å²) in [6, 6.07) is 5.87. The predicted molar refractivity (Wildman–Crippen MR) is 79.9 cm³/mol. The van der Waals surface area contributed by atoms with Crippen molar-refractivity contribution in [3.8, 4) is 11.5 Å². The van der Waals surface area contributed by atoms with Crippen molar-refractivity contribution in [2.24, 2.45) is 10.7 Å². The van der Waals surface area contributed by atoms with Crippen LogP contribution < -0.4 is 10.5 Å². The van der Waals surface area contributed by atoms with Gasteiger partial charge in [-0.25, -0.2) is 13.8 Å². The molecule has 0 amide bonds. The maximum Gasteiger partial charge on any atom is 0.416 e. The summed E-state index contributed by atoms with van der Waals surface area (Å²) >= 11 is 5.48. The van der Waals surface area contributed by atoms with Crippen LogP contribution in [-0.2, 0) is 6.18 Å². The lowest BCUT2D eigenvalue weighted by atomic mass is 10.2. The molecule has 0 saturated carbocycles. The Balaban J connectivity index is 2.25. The third-order valence-corrected chi connectivity index (χ3v) is 3.07. The number of amidine groups is 1. The average molecular weight is 365 g/mol. The molecule has 128 valence electrons. The molecule has 2 N–H and O–H groups in total. The largest absolute Gasteiger partial charge is 0.451 e. The third-order valence-electron chi connectivity index (χ3n) is 2.79. The first-order valence-corrected chi connectivity index (χ1v) is 6.97. The molecule has 0 unspecified atom stereocenters. The molecule has 24 heavy (non-hydrogen) atoms. The Morgan fingerprint density at radius 2 is 1.62 bits per heavy atom. The normalized spacial score (nSPS) is 12.3. The minimum atomic E-state index is -4.86. The summed E-state index contributed by atoms with van der Waals surface area (Å²) in [5.41, 5.74) is 4.44. The van der Waals surface area contributed by atoms with Gasteiger partial charge < -0.3 is 10.5 Å². The number of hydrogen-bond acceptors (Lipinski definition) is 2. The van der Waals surface area contributed by atoms with Crippen LogP contribution in [0.3, 0.4) is 0 Å². The summed E-state index contributed by atoms with van der Waals surface area (Å²) in [5.74, 6) is -3.65. The van der Waals surface area contributed by atoms with E-state index in [0.717, 1.165) is 0 Å². The predicted octanol–water partition coefficient (Wildman–Crippen LogP) is 5.00. The summed E-state index contributed by atoms with van der Waals surface area (Å²) in [4.78, 5) is 3.93. The van der Waals surface area contributed by atoms with Gasteiger partial charge in [0.15, 0.2) is 17.4 Å². The second kappa shape index (κ2) is 7.04. The fourth-order valence-corrected chi connectivity index (χ4v) is 1.78. The van der Waals surface area contributed by atoms with E-state index in [1.54, 1.807) is 0 Å². The molecule has 0 aliphatic rings. The van der Waals surface area contributed by atoms with Gasteiger partial charge >= 0.3 is 6.18 Å². The second-order valence-electron chi connectivity index (χ2n) is 4.60. The van der Waals surface area contributed by atoms with E-state index in [2.05, 4.69) is 4.99 Å². The van der Waals surface area contributed by atoms with Gasteiger partial charge in [0.2, 0.25) is 0 Å². The minimum absolute atomic E-state index is 0.0101. The molecule has 0 aliphatic heterocycles. The maximum atomic E-state index is 13.7. The lowest BCUT2D eigenvalue weighted by molar-refractivity contribution is -0.138. The molecule has 0 aromatic heterocycles. The number of hydrogen-bond donors (Lipinski definition) is 1. The van der Waals surface area contributed by atoms with E-state index in [-0.39, 0.29) is 29.6 Å². The molecule has 0 saturated heterocycles. The van der Waals surface area contributed by atoms with Crippen LogP contribution in [0.25, 0.3) is 0 Å². The molecule has 0 radical (unpaired) electrons. The van der Waals surface area contributed by atoms with Gasteiger partial charge in [-0.2, -0.15) is 13.2 Å². The zero-order valence-corrected chi connectivity index (χ0v) is 12.6. The van der Waals surface area contributed by atoms with E-state index >= 15 is 0 Å². The minimum Gasteiger partial charge on any atom is -0.451 e. The van der Waals surface area contributed by atoms with Crippen LogP contribution in [0.4, 0.5) is 27.6 Å². The summed E-state index contributed by atoms with van der Waals surface area (Å²) in [6.07, 6.45) is -4.86. The van der Waals surface area contributed by atoms with E-state index in [4.69, 9.17) is 22.1 Å². The quantitative estimate of drug-likeness (QED) is 0.359. The maximum absolute atomic E-state index is 13.7. The molecule has 2 aromatic rings. The number of nitrogens with zero attached hydrogens (tertiary/aromatic N) is 1. The molecule has 0 aliphatic carbocycles. The highest BCUT2D eigenvalue weighted by Crippen LogP contribution is 2.35. The number of rotatable bonds is 4. The molecule has 0 heterocycles. The van der Waals surface area contributed by atoms with Gasteiger partial charge in [0, 0.05) is 0 Å². The van der Waals surface area contributed by atoms with Gasteiger partial charge in [-0.1, -0.05) is 0 Å². The van der Waals surface area contributed by atoms with Gasteiger partial charge in [0.1, 0.15) is 11.6 Å². The Kier molecular flexibility index (Phi) is 5.28. The van der Waals surface area contributed by atoms with E-state index in [0.29, 0.717) is 5.69 Å². The molecule has 0 atom stereocenters. The summed E-state index contributed by atoms with van der Waals surface area (Å²) in [6.45, 7) is 0. The molecular weight excluding hydrogens is 355 g/mol. The highest BCUT2D eigenvalue weighted by Gasteiger charge is 2.33. The molecule has 2 aromatic carbocycles. The first kappa shape index (κ1) is 18.0. The van der Waals surface area contributed by atoms with E-state index in [1.807, 2.05) is 0 Å². The van der Waals surface area contributed by atoms with E-state index < -0.39 is 29.1 Å². The van der Waals surface area contributed by atoms with Gasteiger partial charge in [0.05, 0.1) is 17.1 Å². The Hall–Kier alpha value is -2.35. The lowest BCUT2D eigenvalue weighted by Gasteiger charge is -2.11. The van der Waals surface area contributed by atoms with Gasteiger partial charge in [-0.3, -0.25) is 0 Å². The zero-order valence-electron chi connectivity index (χ0n) is 11.9. The van der Waals surface area contributed by atoms with Crippen LogP contribution in [0.15, 0.2) is 41.4 Å². The molecule has 3 nitrogen and oxygen atoms in total. The lowest BCUT2D eigenvalue weighted by Crippen LogP contribution is -2.12. The number of nitrogens with two attached hydrogens (primary N) is 1. The van der Waals surface area contributed by atoms with Crippen molar-refractivity contribution in [2.45, 2.75) is 6.18 Å². The third kappa shape index (κ3) is 4.35. The zero-order chi connectivity index (χ0) is 17.9. The van der Waals surface area contributed by atoms with Crippen molar-refractivity contribution in [2.75, 3.05) is 5.88 Å². The van der Waals surface area contributed by atoms with Gasteiger partial charge in [0.25, 0.3) is 0 Å². The number of ether oxygens (including phenoxy) is 1.